The van der Waals surface area contributed by atoms with Crippen LogP contribution in [0.25, 0.3) is 56.1 Å². The lowest BCUT2D eigenvalue weighted by Crippen LogP contribution is -2.27. The van der Waals surface area contributed by atoms with Gasteiger partial charge in [-0.2, -0.15) is 0 Å². The van der Waals surface area contributed by atoms with Crippen LogP contribution in [0.5, 0.6) is 5.75 Å². The predicted octanol–water partition coefficient (Wildman–Crippen LogP) is 10.4. The molecular formula is C45H30N4O2. The van der Waals surface area contributed by atoms with Crippen molar-refractivity contribution in [3.8, 4) is 39.9 Å². The zero-order valence-electron chi connectivity index (χ0n) is 27.5. The SMILES string of the molecule is C1=CCC2C(=C1)N(c1ccccc1)C1=C2C2Oc3cccc(-c4nc(-c5ccccc5)nc(-c5ccc6c(c5)oc5ccccc56)n4)c3C2C=C1. The molecule has 0 N–H and O–H groups in total. The molecule has 6 nitrogen and oxygen atoms in total. The number of aromatic nitrogens is 3. The van der Waals surface area contributed by atoms with Crippen LogP contribution >= 0.6 is 0 Å². The molecule has 2 aromatic heterocycles. The Labute approximate surface area is 294 Å². The summed E-state index contributed by atoms with van der Waals surface area (Å²) in [4.78, 5) is 17.7. The standard InChI is InChI=1S/C45H30N4O2/c1-3-12-27(13-4-1)43-46-44(28-22-23-31-30-16-8-10-20-37(30)50-39(31)26-28)48-45(47-43)34-18-11-21-38-40(34)33-24-25-36-41(42(33)51-38)32-17-7-9-19-35(32)49(36)29-14-5-2-6-15-29/h1-16,18-26,32-33,42H,17H2. The highest BCUT2D eigenvalue weighted by Crippen LogP contribution is 2.55. The lowest BCUT2D eigenvalue weighted by atomic mass is 9.78. The minimum absolute atomic E-state index is 0.0186. The molecule has 242 valence electrons. The van der Waals surface area contributed by atoms with Gasteiger partial charge < -0.3 is 14.1 Å². The minimum Gasteiger partial charge on any atom is -0.485 e. The van der Waals surface area contributed by atoms with Crippen molar-refractivity contribution in [1.29, 1.82) is 0 Å². The van der Waals surface area contributed by atoms with Crippen LogP contribution in [0.15, 0.2) is 173 Å². The first-order valence-corrected chi connectivity index (χ1v) is 17.5. The van der Waals surface area contributed by atoms with Crippen LogP contribution in [0.3, 0.4) is 0 Å². The predicted molar refractivity (Wildman–Crippen MR) is 201 cm³/mol. The number of hydrogen-bond donors (Lipinski definition) is 0. The molecular weight excluding hydrogens is 629 g/mol. The van der Waals surface area contributed by atoms with Crippen molar-refractivity contribution in [3.05, 3.63) is 174 Å². The number of nitrogens with zero attached hydrogens (tertiary/aromatic N) is 4. The van der Waals surface area contributed by atoms with Gasteiger partial charge in [0.25, 0.3) is 0 Å². The van der Waals surface area contributed by atoms with Crippen molar-refractivity contribution in [2.24, 2.45) is 5.92 Å². The van der Waals surface area contributed by atoms with Gasteiger partial charge in [-0.05, 0) is 55.0 Å². The van der Waals surface area contributed by atoms with E-state index in [-0.39, 0.29) is 17.9 Å². The second-order valence-electron chi connectivity index (χ2n) is 13.4. The summed E-state index contributed by atoms with van der Waals surface area (Å²) in [5.74, 6) is 2.98. The van der Waals surface area contributed by atoms with Gasteiger partial charge in [-0.3, -0.25) is 0 Å². The highest BCUT2D eigenvalue weighted by atomic mass is 16.5. The molecule has 51 heavy (non-hydrogen) atoms. The fraction of sp³-hybridized carbons (Fsp3) is 0.0889. The van der Waals surface area contributed by atoms with Crippen molar-refractivity contribution >= 4 is 27.6 Å². The molecule has 6 heteroatoms. The van der Waals surface area contributed by atoms with E-state index in [4.69, 9.17) is 24.1 Å². The van der Waals surface area contributed by atoms with Crippen LogP contribution in [-0.4, -0.2) is 21.1 Å². The van der Waals surface area contributed by atoms with Gasteiger partial charge in [-0.15, -0.1) is 0 Å². The summed E-state index contributed by atoms with van der Waals surface area (Å²) in [5, 5.41) is 2.16. The maximum Gasteiger partial charge on any atom is 0.164 e. The highest BCUT2D eigenvalue weighted by molar-refractivity contribution is 6.05. The number of fused-ring (bicyclic) bond motifs is 9. The Hall–Kier alpha value is -6.53. The monoisotopic (exact) mass is 658 g/mol. The van der Waals surface area contributed by atoms with Crippen molar-refractivity contribution in [2.75, 3.05) is 4.90 Å². The maximum atomic E-state index is 6.96. The Morgan fingerprint density at radius 3 is 2.31 bits per heavy atom. The first-order chi connectivity index (χ1) is 25.3. The van der Waals surface area contributed by atoms with Gasteiger partial charge in [0.1, 0.15) is 23.0 Å². The average Bonchev–Trinajstić information content (AvgIpc) is 3.87. The molecule has 4 heterocycles. The van der Waals surface area contributed by atoms with Gasteiger partial charge in [0, 0.05) is 67.5 Å². The normalized spacial score (nSPS) is 19.9. The molecule has 0 saturated carbocycles. The van der Waals surface area contributed by atoms with E-state index in [0.29, 0.717) is 17.5 Å². The summed E-state index contributed by atoms with van der Waals surface area (Å²) < 4.78 is 13.2. The quantitative estimate of drug-likeness (QED) is 0.188. The number of hydrogen-bond acceptors (Lipinski definition) is 6. The third-order valence-electron chi connectivity index (χ3n) is 10.6. The molecule has 0 bridgehead atoms. The Bertz CT molecular complexity index is 2670. The Balaban J connectivity index is 1.05. The van der Waals surface area contributed by atoms with Gasteiger partial charge in [0.2, 0.25) is 0 Å². The number of allylic oxidation sites excluding steroid dienone is 5. The first-order valence-electron chi connectivity index (χ1n) is 17.5. The second kappa shape index (κ2) is 11.0. The molecule has 11 rings (SSSR count). The van der Waals surface area contributed by atoms with Crippen LogP contribution in [0.1, 0.15) is 17.9 Å². The van der Waals surface area contributed by atoms with Crippen molar-refractivity contribution in [3.63, 3.8) is 0 Å². The molecule has 0 saturated heterocycles. The number of anilines is 1. The fourth-order valence-corrected chi connectivity index (χ4v) is 8.36. The summed E-state index contributed by atoms with van der Waals surface area (Å²) in [5.41, 5.74) is 10.6. The Kier molecular flexibility index (Phi) is 6.10. The topological polar surface area (TPSA) is 64.3 Å². The van der Waals surface area contributed by atoms with E-state index < -0.39 is 0 Å². The minimum atomic E-state index is -0.125. The lowest BCUT2D eigenvalue weighted by molar-refractivity contribution is 0.244. The van der Waals surface area contributed by atoms with Crippen molar-refractivity contribution in [1.82, 2.24) is 15.0 Å². The molecule has 0 fully saturated rings. The Morgan fingerprint density at radius 2 is 1.43 bits per heavy atom. The zero-order chi connectivity index (χ0) is 33.5. The molecule has 2 aliphatic heterocycles. The van der Waals surface area contributed by atoms with E-state index in [2.05, 4.69) is 102 Å². The summed E-state index contributed by atoms with van der Waals surface area (Å²) in [7, 11) is 0. The molecule has 2 aliphatic carbocycles. The second-order valence-corrected chi connectivity index (χ2v) is 13.4. The number of benzene rings is 5. The Morgan fingerprint density at radius 1 is 0.667 bits per heavy atom. The third-order valence-corrected chi connectivity index (χ3v) is 10.6. The lowest BCUT2D eigenvalue weighted by Gasteiger charge is -2.26. The average molecular weight is 659 g/mol. The fourth-order valence-electron chi connectivity index (χ4n) is 8.36. The molecule has 4 aliphatic rings. The third kappa shape index (κ3) is 4.33. The summed E-state index contributed by atoms with van der Waals surface area (Å²) in [6.07, 6.45) is 12.2. The van der Waals surface area contributed by atoms with Crippen LogP contribution in [0, 0.1) is 5.92 Å². The van der Waals surface area contributed by atoms with Crippen molar-refractivity contribution < 1.29 is 9.15 Å². The van der Waals surface area contributed by atoms with Gasteiger partial charge >= 0.3 is 0 Å². The molecule has 3 unspecified atom stereocenters. The first kappa shape index (κ1) is 28.3. The van der Waals surface area contributed by atoms with Gasteiger partial charge in [-0.25, -0.2) is 15.0 Å². The molecule has 0 spiro atoms. The van der Waals surface area contributed by atoms with E-state index >= 15 is 0 Å². The molecule has 5 aromatic carbocycles. The molecule has 7 aromatic rings. The largest absolute Gasteiger partial charge is 0.485 e. The number of para-hydroxylation sites is 2. The van der Waals surface area contributed by atoms with E-state index in [0.717, 1.165) is 56.4 Å². The number of furan rings is 1. The van der Waals surface area contributed by atoms with Gasteiger partial charge in [-0.1, -0.05) is 103 Å². The zero-order valence-corrected chi connectivity index (χ0v) is 27.5. The van der Waals surface area contributed by atoms with Crippen LogP contribution in [-0.2, 0) is 0 Å². The molecule has 3 atom stereocenters. The van der Waals surface area contributed by atoms with Crippen LogP contribution in [0.4, 0.5) is 5.69 Å². The molecule has 0 amide bonds. The maximum absolute atomic E-state index is 6.96. The van der Waals surface area contributed by atoms with Gasteiger partial charge in [0.15, 0.2) is 17.5 Å². The molecule has 0 radical (unpaired) electrons. The highest BCUT2D eigenvalue weighted by Gasteiger charge is 2.48. The number of rotatable bonds is 4. The van der Waals surface area contributed by atoms with E-state index in [1.807, 2.05) is 54.6 Å². The summed E-state index contributed by atoms with van der Waals surface area (Å²) in [6, 6.07) is 41.4. The van der Waals surface area contributed by atoms with Crippen LogP contribution < -0.4 is 9.64 Å². The van der Waals surface area contributed by atoms with E-state index in [1.165, 1.54) is 22.7 Å². The summed E-state index contributed by atoms with van der Waals surface area (Å²) in [6.45, 7) is 0. The van der Waals surface area contributed by atoms with Gasteiger partial charge in [0.05, 0.1) is 0 Å². The van der Waals surface area contributed by atoms with Crippen LogP contribution in [0.2, 0.25) is 0 Å². The number of ether oxygens (including phenoxy) is 1. The van der Waals surface area contributed by atoms with Crippen molar-refractivity contribution in [2.45, 2.75) is 18.4 Å². The van der Waals surface area contributed by atoms with E-state index in [9.17, 15) is 0 Å². The smallest absolute Gasteiger partial charge is 0.164 e. The summed E-state index contributed by atoms with van der Waals surface area (Å²) >= 11 is 0. The van der Waals surface area contributed by atoms with E-state index in [1.54, 1.807) is 0 Å².